The molecule has 2 unspecified atom stereocenters. The Kier molecular flexibility index (Phi) is 3.90. The first-order valence-electron chi connectivity index (χ1n) is 8.39. The third-order valence-electron chi connectivity index (χ3n) is 5.58. The highest BCUT2D eigenvalue weighted by molar-refractivity contribution is 5.35. The molecule has 3 rings (SSSR count). The maximum Gasteiger partial charge on any atom is 0.00112 e. The minimum atomic E-state index is 0.541. The monoisotopic (exact) mass is 271 g/mol. The van der Waals surface area contributed by atoms with Gasteiger partial charge in [-0.25, -0.2) is 0 Å². The van der Waals surface area contributed by atoms with E-state index >= 15 is 0 Å². The molecule has 2 atom stereocenters. The molecule has 1 N–H and O–H groups in total. The first kappa shape index (κ1) is 14.1. The van der Waals surface area contributed by atoms with E-state index in [1.165, 1.54) is 56.3 Å². The van der Waals surface area contributed by atoms with Crippen molar-refractivity contribution in [1.82, 2.24) is 5.32 Å². The Labute approximate surface area is 124 Å². The van der Waals surface area contributed by atoms with Gasteiger partial charge in [-0.05, 0) is 86.4 Å². The lowest BCUT2D eigenvalue weighted by atomic mass is 9.75. The van der Waals surface area contributed by atoms with Gasteiger partial charge in [-0.15, -0.1) is 0 Å². The highest BCUT2D eigenvalue weighted by Gasteiger charge is 2.53. The first-order chi connectivity index (χ1) is 9.63. The maximum atomic E-state index is 3.72. The molecule has 2 aliphatic rings. The van der Waals surface area contributed by atoms with Gasteiger partial charge in [0.1, 0.15) is 0 Å². The van der Waals surface area contributed by atoms with Crippen LogP contribution in [0.4, 0.5) is 0 Å². The number of fused-ring (bicyclic) bond motifs is 1. The molecular weight excluding hydrogens is 242 g/mol. The lowest BCUT2D eigenvalue weighted by Crippen LogP contribution is -2.36. The molecular formula is C19H29N. The summed E-state index contributed by atoms with van der Waals surface area (Å²) in [5, 5.41) is 3.72. The SMILES string of the molecule is CCCNCC1(Cc2c(C)cccc2C)CC2CC2C1. The molecule has 20 heavy (non-hydrogen) atoms. The van der Waals surface area contributed by atoms with Crippen LogP contribution in [0.5, 0.6) is 0 Å². The molecule has 1 aromatic rings. The molecule has 1 nitrogen and oxygen atoms in total. The van der Waals surface area contributed by atoms with Gasteiger partial charge in [-0.2, -0.15) is 0 Å². The summed E-state index contributed by atoms with van der Waals surface area (Å²) < 4.78 is 0. The number of nitrogens with one attached hydrogen (secondary N) is 1. The van der Waals surface area contributed by atoms with Crippen molar-refractivity contribution < 1.29 is 0 Å². The minimum Gasteiger partial charge on any atom is -0.316 e. The molecule has 0 bridgehead atoms. The Morgan fingerprint density at radius 3 is 2.40 bits per heavy atom. The van der Waals surface area contributed by atoms with E-state index < -0.39 is 0 Å². The van der Waals surface area contributed by atoms with Crippen molar-refractivity contribution in [3.05, 3.63) is 34.9 Å². The average Bonchev–Trinajstić information content (AvgIpc) is 3.03. The second kappa shape index (κ2) is 5.52. The van der Waals surface area contributed by atoms with E-state index in [1.807, 2.05) is 0 Å². The van der Waals surface area contributed by atoms with Crippen molar-refractivity contribution >= 4 is 0 Å². The molecule has 0 saturated heterocycles. The molecule has 1 heteroatoms. The predicted molar refractivity (Wildman–Crippen MR) is 86.0 cm³/mol. The van der Waals surface area contributed by atoms with Crippen LogP contribution in [-0.2, 0) is 6.42 Å². The van der Waals surface area contributed by atoms with Gasteiger partial charge < -0.3 is 5.32 Å². The zero-order valence-electron chi connectivity index (χ0n) is 13.3. The molecule has 110 valence electrons. The minimum absolute atomic E-state index is 0.541. The molecule has 2 saturated carbocycles. The molecule has 2 fully saturated rings. The predicted octanol–water partition coefficient (Wildman–Crippen LogP) is 4.26. The van der Waals surface area contributed by atoms with Crippen molar-refractivity contribution in [1.29, 1.82) is 0 Å². The van der Waals surface area contributed by atoms with Gasteiger partial charge in [-0.1, -0.05) is 25.1 Å². The van der Waals surface area contributed by atoms with Crippen molar-refractivity contribution in [3.8, 4) is 0 Å². The van der Waals surface area contributed by atoms with E-state index in [9.17, 15) is 0 Å². The summed E-state index contributed by atoms with van der Waals surface area (Å²) in [5.41, 5.74) is 5.13. The van der Waals surface area contributed by atoms with Crippen LogP contribution < -0.4 is 5.32 Å². The van der Waals surface area contributed by atoms with E-state index in [0.29, 0.717) is 5.41 Å². The highest BCUT2D eigenvalue weighted by Crippen LogP contribution is 2.60. The Bertz CT molecular complexity index is 446. The number of rotatable bonds is 6. The molecule has 0 amide bonds. The summed E-state index contributed by atoms with van der Waals surface area (Å²) in [5.74, 6) is 2.12. The van der Waals surface area contributed by atoms with E-state index in [1.54, 1.807) is 5.56 Å². The molecule has 0 radical (unpaired) electrons. The van der Waals surface area contributed by atoms with E-state index in [4.69, 9.17) is 0 Å². The summed E-state index contributed by atoms with van der Waals surface area (Å²) in [6.07, 6.45) is 6.97. The number of hydrogen-bond acceptors (Lipinski definition) is 1. The van der Waals surface area contributed by atoms with Crippen LogP contribution in [0.2, 0.25) is 0 Å². The zero-order valence-corrected chi connectivity index (χ0v) is 13.3. The van der Waals surface area contributed by atoms with Crippen LogP contribution >= 0.6 is 0 Å². The fraction of sp³-hybridized carbons (Fsp3) is 0.684. The Hall–Kier alpha value is -0.820. The first-order valence-corrected chi connectivity index (χ1v) is 8.39. The van der Waals surface area contributed by atoms with Crippen LogP contribution in [0.25, 0.3) is 0 Å². The topological polar surface area (TPSA) is 12.0 Å². The van der Waals surface area contributed by atoms with Gasteiger partial charge in [0.15, 0.2) is 0 Å². The molecule has 1 aromatic carbocycles. The number of hydrogen-bond donors (Lipinski definition) is 1. The van der Waals surface area contributed by atoms with Gasteiger partial charge in [0.05, 0.1) is 0 Å². The molecule has 0 aromatic heterocycles. The van der Waals surface area contributed by atoms with Gasteiger partial charge in [-0.3, -0.25) is 0 Å². The van der Waals surface area contributed by atoms with Crippen LogP contribution in [0.15, 0.2) is 18.2 Å². The standard InChI is InChI=1S/C19H29N/c1-4-8-20-13-19(10-16-9-17(16)11-19)12-18-14(2)6-5-7-15(18)3/h5-7,16-17,20H,4,8-13H2,1-3H3. The van der Waals surface area contributed by atoms with Crippen LogP contribution in [0, 0.1) is 31.1 Å². The average molecular weight is 271 g/mol. The van der Waals surface area contributed by atoms with Crippen molar-refractivity contribution in [2.45, 2.75) is 52.9 Å². The lowest BCUT2D eigenvalue weighted by molar-refractivity contribution is 0.248. The van der Waals surface area contributed by atoms with Crippen molar-refractivity contribution in [3.63, 3.8) is 0 Å². The molecule has 0 heterocycles. The van der Waals surface area contributed by atoms with Crippen LogP contribution in [0.3, 0.4) is 0 Å². The van der Waals surface area contributed by atoms with Crippen molar-refractivity contribution in [2.24, 2.45) is 17.3 Å². The number of benzene rings is 1. The van der Waals surface area contributed by atoms with Gasteiger partial charge >= 0.3 is 0 Å². The zero-order chi connectivity index (χ0) is 14.2. The molecule has 0 spiro atoms. The van der Waals surface area contributed by atoms with Gasteiger partial charge in [0, 0.05) is 6.54 Å². The smallest absolute Gasteiger partial charge is 0.00112 e. The summed E-state index contributed by atoms with van der Waals surface area (Å²) in [6, 6.07) is 6.76. The molecule has 2 aliphatic carbocycles. The van der Waals surface area contributed by atoms with Crippen molar-refractivity contribution in [2.75, 3.05) is 13.1 Å². The highest BCUT2D eigenvalue weighted by atomic mass is 14.9. The Balaban J connectivity index is 1.76. The van der Waals surface area contributed by atoms with E-state index in [-0.39, 0.29) is 0 Å². The van der Waals surface area contributed by atoms with Crippen LogP contribution in [-0.4, -0.2) is 13.1 Å². The summed E-state index contributed by atoms with van der Waals surface area (Å²) in [4.78, 5) is 0. The summed E-state index contributed by atoms with van der Waals surface area (Å²) in [6.45, 7) is 9.22. The second-order valence-electron chi connectivity index (χ2n) is 7.39. The summed E-state index contributed by atoms with van der Waals surface area (Å²) >= 11 is 0. The fourth-order valence-electron chi connectivity index (χ4n) is 4.39. The van der Waals surface area contributed by atoms with Gasteiger partial charge in [0.25, 0.3) is 0 Å². The quantitative estimate of drug-likeness (QED) is 0.762. The lowest BCUT2D eigenvalue weighted by Gasteiger charge is -2.33. The third kappa shape index (κ3) is 2.79. The second-order valence-corrected chi connectivity index (χ2v) is 7.39. The largest absolute Gasteiger partial charge is 0.316 e. The van der Waals surface area contributed by atoms with E-state index in [0.717, 1.165) is 11.8 Å². The maximum absolute atomic E-state index is 3.72. The normalized spacial score (nSPS) is 31.4. The van der Waals surface area contributed by atoms with Gasteiger partial charge in [0.2, 0.25) is 0 Å². The van der Waals surface area contributed by atoms with Crippen LogP contribution in [0.1, 0.15) is 49.3 Å². The molecule has 0 aliphatic heterocycles. The summed E-state index contributed by atoms with van der Waals surface area (Å²) in [7, 11) is 0. The fourth-order valence-corrected chi connectivity index (χ4v) is 4.39. The number of aryl methyl sites for hydroxylation is 2. The Morgan fingerprint density at radius 1 is 1.15 bits per heavy atom. The third-order valence-corrected chi connectivity index (χ3v) is 5.58. The Morgan fingerprint density at radius 2 is 1.80 bits per heavy atom. The van der Waals surface area contributed by atoms with E-state index in [2.05, 4.69) is 44.3 Å².